The number of alkyl halides is 1. The van der Waals surface area contributed by atoms with Gasteiger partial charge >= 0.3 is 18.0 Å². The van der Waals surface area contributed by atoms with Crippen molar-refractivity contribution in [3.8, 4) is 0 Å². The van der Waals surface area contributed by atoms with E-state index < -0.39 is 41.3 Å². The summed E-state index contributed by atoms with van der Waals surface area (Å²) >= 11 is 7.87. The maximum atomic E-state index is 12.9. The molecule has 0 aromatic carbocycles. The van der Waals surface area contributed by atoms with E-state index in [9.17, 15) is 29.1 Å². The van der Waals surface area contributed by atoms with E-state index >= 15 is 0 Å². The number of rotatable bonds is 9. The predicted molar refractivity (Wildman–Crippen MR) is 122 cm³/mol. The Kier molecular flexibility index (Phi) is 8.52. The first kappa shape index (κ1) is 25.5. The van der Waals surface area contributed by atoms with Crippen LogP contribution in [-0.2, 0) is 28.8 Å². The molecule has 3 N–H and O–H groups in total. The van der Waals surface area contributed by atoms with Crippen molar-refractivity contribution in [3.05, 3.63) is 33.7 Å². The number of carboxylic acids is 1. The number of aliphatic carboxylic acids is 1. The molecule has 3 amide bonds. The van der Waals surface area contributed by atoms with Crippen LogP contribution in [0, 0.1) is 0 Å². The van der Waals surface area contributed by atoms with Crippen LogP contribution in [0.1, 0.15) is 11.8 Å². The van der Waals surface area contributed by atoms with Gasteiger partial charge in [-0.05, 0) is 11.4 Å². The summed E-state index contributed by atoms with van der Waals surface area (Å²) in [5.41, 5.74) is -0.223. The molecule has 15 heteroatoms. The highest BCUT2D eigenvalue weighted by Gasteiger charge is 2.54. The van der Waals surface area contributed by atoms with Gasteiger partial charge in [0, 0.05) is 30.7 Å². The lowest BCUT2D eigenvalue weighted by Gasteiger charge is -2.49. The number of carbonyl (C=O) groups excluding carboxylic acids is 4. The van der Waals surface area contributed by atoms with E-state index in [2.05, 4.69) is 15.8 Å². The van der Waals surface area contributed by atoms with E-state index in [1.54, 1.807) is 17.5 Å². The third-order valence-corrected chi connectivity index (χ3v) is 6.94. The number of nitrogens with zero attached hydrogens (tertiary/aromatic N) is 2. The zero-order valence-corrected chi connectivity index (χ0v) is 20.0. The maximum Gasteiger partial charge on any atom is 0.433 e. The number of fused-ring (bicyclic) bond motifs is 1. The maximum absolute atomic E-state index is 12.9. The first-order chi connectivity index (χ1) is 16.2. The van der Waals surface area contributed by atoms with Gasteiger partial charge in [0.15, 0.2) is 5.71 Å². The molecular weight excluding hydrogens is 512 g/mol. The molecule has 1 aromatic heterocycles. The molecule has 0 bridgehead atoms. The second kappa shape index (κ2) is 11.4. The van der Waals surface area contributed by atoms with Gasteiger partial charge in [0.1, 0.15) is 23.7 Å². The van der Waals surface area contributed by atoms with Crippen molar-refractivity contribution in [2.24, 2.45) is 5.16 Å². The summed E-state index contributed by atoms with van der Waals surface area (Å²) in [6, 6.07) is 2.22. The molecular formula is C19H19ClN4O8S2. The van der Waals surface area contributed by atoms with Gasteiger partial charge in [-0.15, -0.1) is 34.7 Å². The zero-order valence-electron chi connectivity index (χ0n) is 17.6. The Labute approximate surface area is 206 Å². The van der Waals surface area contributed by atoms with Crippen LogP contribution in [0.4, 0.5) is 4.79 Å². The molecule has 3 heterocycles. The smallest absolute Gasteiger partial charge is 0.433 e. The van der Waals surface area contributed by atoms with E-state index in [0.29, 0.717) is 4.88 Å². The van der Waals surface area contributed by atoms with E-state index in [-0.39, 0.29) is 41.8 Å². The lowest BCUT2D eigenvalue weighted by molar-refractivity contribution is -0.150. The van der Waals surface area contributed by atoms with Crippen LogP contribution in [0.15, 0.2) is 33.9 Å². The minimum absolute atomic E-state index is 0.140. The van der Waals surface area contributed by atoms with Gasteiger partial charge in [-0.3, -0.25) is 24.1 Å². The van der Waals surface area contributed by atoms with Crippen LogP contribution in [0.25, 0.3) is 0 Å². The van der Waals surface area contributed by atoms with Crippen molar-refractivity contribution in [3.63, 3.8) is 0 Å². The van der Waals surface area contributed by atoms with Crippen LogP contribution in [0.2, 0.25) is 0 Å². The molecule has 1 aromatic rings. The number of esters is 1. The van der Waals surface area contributed by atoms with Crippen molar-refractivity contribution >= 4 is 70.3 Å². The Morgan fingerprint density at radius 2 is 2.12 bits per heavy atom. The van der Waals surface area contributed by atoms with Crippen LogP contribution >= 0.6 is 34.7 Å². The standard InChI is InChI=1S/C19H19ClN4O8S2/c1-9(25)31-7-10-8-34-17-13(16(27)24(17)14(10)18(28)29)22-15(26)12(11-3-2-6-33-11)23-32-19(30)21-5-4-20/h2-3,6,13,17H,4-5,7-8H2,1H3,(H,21,30)(H,22,26)(H,28,29)/t13-,17-/m1/s1. The Hall–Kier alpha value is -3.10. The number of nitrogens with one attached hydrogen (secondary N) is 2. The normalized spacial score (nSPS) is 19.6. The highest BCUT2D eigenvalue weighted by molar-refractivity contribution is 8.00. The summed E-state index contributed by atoms with van der Waals surface area (Å²) in [7, 11) is 0. The largest absolute Gasteiger partial charge is 0.477 e. The molecule has 12 nitrogen and oxygen atoms in total. The number of thioether (sulfide) groups is 1. The molecule has 34 heavy (non-hydrogen) atoms. The number of carbonyl (C=O) groups is 5. The first-order valence-electron chi connectivity index (χ1n) is 9.71. The van der Waals surface area contributed by atoms with Crippen molar-refractivity contribution in [2.45, 2.75) is 18.3 Å². The monoisotopic (exact) mass is 530 g/mol. The molecule has 2 aliphatic rings. The van der Waals surface area contributed by atoms with Crippen molar-refractivity contribution in [1.82, 2.24) is 15.5 Å². The molecule has 2 aliphatic heterocycles. The van der Waals surface area contributed by atoms with Gasteiger partial charge in [-0.2, -0.15) is 0 Å². The zero-order chi connectivity index (χ0) is 24.8. The summed E-state index contributed by atoms with van der Waals surface area (Å²) in [5, 5.41) is 19.1. The summed E-state index contributed by atoms with van der Waals surface area (Å²) in [6.07, 6.45) is -0.909. The molecule has 2 atom stereocenters. The molecule has 0 spiro atoms. The molecule has 0 saturated carbocycles. The van der Waals surface area contributed by atoms with Gasteiger partial charge < -0.3 is 20.5 Å². The first-order valence-corrected chi connectivity index (χ1v) is 12.2. The van der Waals surface area contributed by atoms with Crippen molar-refractivity contribution in [2.75, 3.05) is 24.8 Å². The lowest BCUT2D eigenvalue weighted by Crippen LogP contribution is -2.71. The Morgan fingerprint density at radius 1 is 1.35 bits per heavy atom. The minimum Gasteiger partial charge on any atom is -0.477 e. The fourth-order valence-corrected chi connectivity index (χ4v) is 5.20. The number of ether oxygens (including phenoxy) is 1. The van der Waals surface area contributed by atoms with Crippen LogP contribution in [0.5, 0.6) is 0 Å². The highest BCUT2D eigenvalue weighted by atomic mass is 35.5. The summed E-state index contributed by atoms with van der Waals surface area (Å²) in [4.78, 5) is 66.4. The Balaban J connectivity index is 1.74. The summed E-state index contributed by atoms with van der Waals surface area (Å²) in [6.45, 7) is 1.08. The number of amides is 3. The number of thiophene rings is 1. The van der Waals surface area contributed by atoms with Gasteiger partial charge in [0.2, 0.25) is 0 Å². The second-order valence-corrected chi connectivity index (χ2v) is 9.24. The van der Waals surface area contributed by atoms with E-state index in [0.717, 1.165) is 4.90 Å². The van der Waals surface area contributed by atoms with Crippen LogP contribution in [0.3, 0.4) is 0 Å². The molecule has 1 saturated heterocycles. The van der Waals surface area contributed by atoms with E-state index in [1.165, 1.54) is 30.0 Å². The minimum atomic E-state index is -1.34. The predicted octanol–water partition coefficient (Wildman–Crippen LogP) is 0.719. The van der Waals surface area contributed by atoms with Gasteiger partial charge in [0.25, 0.3) is 11.8 Å². The molecule has 0 unspecified atom stereocenters. The van der Waals surface area contributed by atoms with Crippen LogP contribution < -0.4 is 10.6 Å². The van der Waals surface area contributed by atoms with Gasteiger partial charge in [0.05, 0.1) is 4.88 Å². The number of oxime groups is 1. The third-order valence-electron chi connectivity index (χ3n) is 4.54. The summed E-state index contributed by atoms with van der Waals surface area (Å²) in [5.74, 6) is -3.00. The molecule has 1 fully saturated rings. The highest BCUT2D eigenvalue weighted by Crippen LogP contribution is 2.40. The van der Waals surface area contributed by atoms with Gasteiger partial charge in [-0.25, -0.2) is 9.59 Å². The lowest BCUT2D eigenvalue weighted by atomic mass is 10.0. The fourth-order valence-electron chi connectivity index (χ4n) is 3.07. The van der Waals surface area contributed by atoms with E-state index in [4.69, 9.17) is 21.2 Å². The topological polar surface area (TPSA) is 164 Å². The second-order valence-electron chi connectivity index (χ2n) is 6.81. The molecule has 0 aliphatic carbocycles. The average Bonchev–Trinajstić information content (AvgIpc) is 3.33. The molecule has 182 valence electrons. The van der Waals surface area contributed by atoms with Gasteiger partial charge in [-0.1, -0.05) is 11.2 Å². The number of halogens is 1. The van der Waals surface area contributed by atoms with Crippen molar-refractivity contribution in [1.29, 1.82) is 0 Å². The molecule has 0 radical (unpaired) electrons. The van der Waals surface area contributed by atoms with Crippen molar-refractivity contribution < 1.29 is 38.7 Å². The van der Waals surface area contributed by atoms with Crippen LogP contribution in [-0.4, -0.2) is 81.8 Å². The number of hydrogen-bond acceptors (Lipinski definition) is 10. The SMILES string of the molecule is CC(=O)OCC1=C(C(=O)O)N2C(=O)[C@@H](NC(=O)C(=NOC(=O)NCCCl)c3cccs3)[C@H]2SC1. The summed E-state index contributed by atoms with van der Waals surface area (Å²) < 4.78 is 4.89. The molecule has 3 rings (SSSR count). The fraction of sp³-hybridized carbons (Fsp3) is 0.368. The average molecular weight is 531 g/mol. The third kappa shape index (κ3) is 5.69. The van der Waals surface area contributed by atoms with E-state index in [1.807, 2.05) is 0 Å². The Bertz CT molecular complexity index is 1060. The number of hydrogen-bond donors (Lipinski definition) is 3. The number of β-lactam (4-membered cyclic amide) rings is 1. The quantitative estimate of drug-likeness (QED) is 0.104. The number of carboxylic acid groups (broad SMARTS) is 1. The Morgan fingerprint density at radius 3 is 2.74 bits per heavy atom.